The lowest BCUT2D eigenvalue weighted by Gasteiger charge is -2.34. The summed E-state index contributed by atoms with van der Waals surface area (Å²) in [6.45, 7) is 11.2. The molecule has 0 aromatic heterocycles. The molecule has 1 aliphatic rings. The highest BCUT2D eigenvalue weighted by atomic mass is 79.9. The van der Waals surface area contributed by atoms with E-state index in [2.05, 4.69) is 57.8 Å². The van der Waals surface area contributed by atoms with Crippen molar-refractivity contribution in [2.75, 3.05) is 39.3 Å². The van der Waals surface area contributed by atoms with E-state index in [1.54, 1.807) is 0 Å². The minimum absolute atomic E-state index is 0.624. The van der Waals surface area contributed by atoms with Crippen LogP contribution in [0.1, 0.15) is 32.3 Å². The van der Waals surface area contributed by atoms with Gasteiger partial charge in [0.2, 0.25) is 0 Å². The second kappa shape index (κ2) is 10.0. The average Bonchev–Trinajstić information content (AvgIpc) is 2.56. The van der Waals surface area contributed by atoms with Gasteiger partial charge in [0.05, 0.1) is 12.7 Å². The van der Waals surface area contributed by atoms with Gasteiger partial charge in [-0.1, -0.05) is 29.8 Å². The summed E-state index contributed by atoms with van der Waals surface area (Å²) in [5.41, 5.74) is 1.25. The Labute approximate surface area is 154 Å². The Bertz CT molecular complexity index is 548. The molecule has 132 valence electrons. The van der Waals surface area contributed by atoms with Crippen molar-refractivity contribution in [1.82, 2.24) is 9.80 Å². The highest BCUT2D eigenvalue weighted by Gasteiger charge is 2.18. The van der Waals surface area contributed by atoms with Crippen molar-refractivity contribution >= 4 is 15.9 Å². The van der Waals surface area contributed by atoms with Crippen molar-refractivity contribution < 1.29 is 4.74 Å². The highest BCUT2D eigenvalue weighted by Crippen LogP contribution is 2.25. The summed E-state index contributed by atoms with van der Waals surface area (Å²) in [7, 11) is 0. The number of rotatable bonds is 8. The zero-order valence-electron chi connectivity index (χ0n) is 14.8. The fourth-order valence-corrected chi connectivity index (χ4v) is 3.25. The third kappa shape index (κ3) is 6.43. The van der Waals surface area contributed by atoms with Crippen molar-refractivity contribution in [3.05, 3.63) is 28.2 Å². The summed E-state index contributed by atoms with van der Waals surface area (Å²) in [6, 6.07) is 8.53. The zero-order valence-corrected chi connectivity index (χ0v) is 16.4. The molecule has 0 saturated carbocycles. The molecule has 0 amide bonds. The van der Waals surface area contributed by atoms with E-state index >= 15 is 0 Å². The number of benzene rings is 1. The molecule has 1 heterocycles. The van der Waals surface area contributed by atoms with Crippen LogP contribution in [0, 0.1) is 17.2 Å². The summed E-state index contributed by atoms with van der Waals surface area (Å²) in [6.07, 6.45) is 1.70. The third-order valence-corrected chi connectivity index (χ3v) is 4.87. The van der Waals surface area contributed by atoms with Crippen LogP contribution >= 0.6 is 15.9 Å². The largest absolute Gasteiger partial charge is 0.493 e. The number of nitrogens with zero attached hydrogens (tertiary/aromatic N) is 3. The van der Waals surface area contributed by atoms with E-state index in [1.807, 2.05) is 6.07 Å². The molecule has 1 aromatic carbocycles. The predicted octanol–water partition coefficient (Wildman–Crippen LogP) is 3.91. The average molecular weight is 394 g/mol. The third-order valence-electron chi connectivity index (χ3n) is 4.37. The van der Waals surface area contributed by atoms with Gasteiger partial charge in [0.1, 0.15) is 5.75 Å². The molecule has 2 rings (SSSR count). The summed E-state index contributed by atoms with van der Waals surface area (Å²) < 4.78 is 7.12. The summed E-state index contributed by atoms with van der Waals surface area (Å²) >= 11 is 3.58. The molecule has 0 radical (unpaired) electrons. The Morgan fingerprint density at radius 3 is 2.58 bits per heavy atom. The van der Waals surface area contributed by atoms with Crippen molar-refractivity contribution in [2.24, 2.45) is 5.92 Å². The first-order valence-corrected chi connectivity index (χ1v) is 9.60. The van der Waals surface area contributed by atoms with Crippen LogP contribution in [0.25, 0.3) is 0 Å². The normalized spacial score (nSPS) is 16.3. The van der Waals surface area contributed by atoms with Crippen molar-refractivity contribution in [1.29, 1.82) is 5.26 Å². The van der Waals surface area contributed by atoms with Crippen LogP contribution in [0.15, 0.2) is 22.7 Å². The van der Waals surface area contributed by atoms with Gasteiger partial charge in [0.25, 0.3) is 0 Å². The molecule has 0 spiro atoms. The molecule has 1 fully saturated rings. The van der Waals surface area contributed by atoms with Gasteiger partial charge in [-0.2, -0.15) is 5.26 Å². The van der Waals surface area contributed by atoms with Crippen LogP contribution in [0.2, 0.25) is 0 Å². The molecule has 0 atom stereocenters. The topological polar surface area (TPSA) is 39.5 Å². The van der Waals surface area contributed by atoms with E-state index in [9.17, 15) is 0 Å². The molecule has 5 heteroatoms. The number of halogens is 1. The first-order valence-electron chi connectivity index (χ1n) is 8.81. The zero-order chi connectivity index (χ0) is 17.4. The van der Waals surface area contributed by atoms with Crippen LogP contribution in [-0.4, -0.2) is 49.1 Å². The van der Waals surface area contributed by atoms with Crippen molar-refractivity contribution in [3.8, 4) is 11.8 Å². The second-order valence-corrected chi connectivity index (χ2v) is 7.72. The number of piperazine rings is 1. The summed E-state index contributed by atoms with van der Waals surface area (Å²) in [5.74, 6) is 1.66. The van der Waals surface area contributed by atoms with Gasteiger partial charge in [0, 0.05) is 55.7 Å². The Morgan fingerprint density at radius 2 is 1.92 bits per heavy atom. The molecular weight excluding hydrogens is 366 g/mol. The Kier molecular flexibility index (Phi) is 8.04. The molecule has 0 aliphatic carbocycles. The van der Waals surface area contributed by atoms with Gasteiger partial charge >= 0.3 is 0 Å². The molecule has 0 N–H and O–H groups in total. The van der Waals surface area contributed by atoms with Gasteiger partial charge in [-0.25, -0.2) is 0 Å². The van der Waals surface area contributed by atoms with E-state index in [-0.39, 0.29) is 0 Å². The molecule has 4 nitrogen and oxygen atoms in total. The van der Waals surface area contributed by atoms with Crippen LogP contribution < -0.4 is 4.74 Å². The Hall–Kier alpha value is -1.09. The van der Waals surface area contributed by atoms with Crippen LogP contribution in [0.4, 0.5) is 0 Å². The first kappa shape index (κ1) is 19.2. The molecule has 24 heavy (non-hydrogen) atoms. The van der Waals surface area contributed by atoms with Gasteiger partial charge in [-0.05, 0) is 30.5 Å². The van der Waals surface area contributed by atoms with E-state index in [1.165, 1.54) is 5.56 Å². The lowest BCUT2D eigenvalue weighted by Crippen LogP contribution is -2.46. The van der Waals surface area contributed by atoms with Crippen LogP contribution in [0.5, 0.6) is 5.75 Å². The number of hydrogen-bond acceptors (Lipinski definition) is 4. The quantitative estimate of drug-likeness (QED) is 0.671. The second-order valence-electron chi connectivity index (χ2n) is 6.81. The molecule has 1 aromatic rings. The fourth-order valence-electron chi connectivity index (χ4n) is 2.84. The van der Waals surface area contributed by atoms with Crippen molar-refractivity contribution in [3.63, 3.8) is 0 Å². The van der Waals surface area contributed by atoms with Gasteiger partial charge < -0.3 is 4.74 Å². The van der Waals surface area contributed by atoms with Gasteiger partial charge in [-0.3, -0.25) is 9.80 Å². The Balaban J connectivity index is 1.89. The SMILES string of the molecule is CC(C)CCOc1ccc(Br)cc1CN1CCN(CCC#N)CC1. The lowest BCUT2D eigenvalue weighted by atomic mass is 10.1. The molecule has 1 saturated heterocycles. The molecule has 1 aliphatic heterocycles. The van der Waals surface area contributed by atoms with Gasteiger partial charge in [0.15, 0.2) is 0 Å². The van der Waals surface area contributed by atoms with Crippen molar-refractivity contribution in [2.45, 2.75) is 33.2 Å². The van der Waals surface area contributed by atoms with Gasteiger partial charge in [-0.15, -0.1) is 0 Å². The van der Waals surface area contributed by atoms with E-state index < -0.39 is 0 Å². The van der Waals surface area contributed by atoms with E-state index in [0.717, 1.165) is 62.5 Å². The maximum Gasteiger partial charge on any atom is 0.123 e. The molecule has 0 bridgehead atoms. The highest BCUT2D eigenvalue weighted by molar-refractivity contribution is 9.10. The number of nitriles is 1. The number of hydrogen-bond donors (Lipinski definition) is 0. The summed E-state index contributed by atoms with van der Waals surface area (Å²) in [5, 5.41) is 8.70. The fraction of sp³-hybridized carbons (Fsp3) is 0.632. The molecule has 0 unspecified atom stereocenters. The number of ether oxygens (including phenoxy) is 1. The minimum atomic E-state index is 0.624. The van der Waals surface area contributed by atoms with Crippen LogP contribution in [-0.2, 0) is 6.54 Å². The lowest BCUT2D eigenvalue weighted by molar-refractivity contribution is 0.128. The summed E-state index contributed by atoms with van der Waals surface area (Å²) in [4.78, 5) is 4.85. The van der Waals surface area contributed by atoms with E-state index in [4.69, 9.17) is 10.00 Å². The minimum Gasteiger partial charge on any atom is -0.493 e. The monoisotopic (exact) mass is 393 g/mol. The van der Waals surface area contributed by atoms with E-state index in [0.29, 0.717) is 12.3 Å². The predicted molar refractivity (Wildman–Crippen MR) is 101 cm³/mol. The standard InChI is InChI=1S/C19H28BrN3O/c1-16(2)6-13-24-19-5-4-18(20)14-17(19)15-23-11-9-22(10-12-23)8-3-7-21/h4-5,14,16H,3,6,8-13,15H2,1-2H3. The molecular formula is C19H28BrN3O. The van der Waals surface area contributed by atoms with Crippen LogP contribution in [0.3, 0.4) is 0 Å². The maximum atomic E-state index is 8.70. The Morgan fingerprint density at radius 1 is 1.21 bits per heavy atom. The smallest absolute Gasteiger partial charge is 0.123 e. The maximum absolute atomic E-state index is 8.70. The first-order chi connectivity index (χ1) is 11.6.